The van der Waals surface area contributed by atoms with Crippen molar-refractivity contribution in [2.24, 2.45) is 0 Å². The normalized spacial score (nSPS) is 14.9. The number of methoxy groups -OCH3 is 3. The highest BCUT2D eigenvalue weighted by atomic mass is 79.9. The monoisotopic (exact) mass is 511 g/mol. The molecule has 0 spiro atoms. The fourth-order valence-corrected chi connectivity index (χ4v) is 4.54. The summed E-state index contributed by atoms with van der Waals surface area (Å²) in [7, 11) is 4.84. The first-order valence-electron chi connectivity index (χ1n) is 10.6. The number of fused-ring (bicyclic) bond motifs is 1. The SMILES string of the molecule is COc1cc2c(cc1OC)[C@@H](COc1ccccc1OC)N(C(=O)c1cccc(Br)c1)CC2. The number of nitrogens with zero attached hydrogens (tertiary/aromatic N) is 1. The molecule has 6 nitrogen and oxygen atoms in total. The Morgan fingerprint density at radius 1 is 0.909 bits per heavy atom. The van der Waals surface area contributed by atoms with Crippen molar-refractivity contribution in [3.8, 4) is 23.0 Å². The van der Waals surface area contributed by atoms with Gasteiger partial charge in [-0.15, -0.1) is 0 Å². The minimum absolute atomic E-state index is 0.0506. The Kier molecular flexibility index (Phi) is 7.08. The summed E-state index contributed by atoms with van der Waals surface area (Å²) >= 11 is 3.47. The molecule has 0 bridgehead atoms. The average Bonchev–Trinajstić information content (AvgIpc) is 2.85. The molecule has 0 aliphatic carbocycles. The zero-order chi connectivity index (χ0) is 23.4. The van der Waals surface area contributed by atoms with E-state index in [1.807, 2.05) is 65.6 Å². The molecule has 1 aliphatic rings. The molecule has 7 heteroatoms. The van der Waals surface area contributed by atoms with Crippen molar-refractivity contribution in [1.82, 2.24) is 4.90 Å². The molecule has 3 aromatic carbocycles. The number of benzene rings is 3. The summed E-state index contributed by atoms with van der Waals surface area (Å²) in [6, 6.07) is 18.6. The molecule has 1 amide bonds. The molecule has 0 saturated heterocycles. The lowest BCUT2D eigenvalue weighted by Crippen LogP contribution is -2.42. The van der Waals surface area contributed by atoms with Gasteiger partial charge in [-0.25, -0.2) is 0 Å². The van der Waals surface area contributed by atoms with Crippen LogP contribution in [0, 0.1) is 0 Å². The van der Waals surface area contributed by atoms with Crippen molar-refractivity contribution in [3.63, 3.8) is 0 Å². The number of hydrogen-bond donors (Lipinski definition) is 0. The van der Waals surface area contributed by atoms with Crippen LogP contribution in [0.5, 0.6) is 23.0 Å². The van der Waals surface area contributed by atoms with E-state index in [4.69, 9.17) is 18.9 Å². The van der Waals surface area contributed by atoms with Gasteiger partial charge in [0.05, 0.1) is 27.4 Å². The van der Waals surface area contributed by atoms with Crippen molar-refractivity contribution < 1.29 is 23.7 Å². The summed E-state index contributed by atoms with van der Waals surface area (Å²) < 4.78 is 23.5. The predicted molar refractivity (Wildman–Crippen MR) is 130 cm³/mol. The van der Waals surface area contributed by atoms with Crippen LogP contribution >= 0.6 is 15.9 Å². The summed E-state index contributed by atoms with van der Waals surface area (Å²) in [5.41, 5.74) is 2.72. The number of hydrogen-bond acceptors (Lipinski definition) is 5. The Bertz CT molecular complexity index is 1150. The fourth-order valence-electron chi connectivity index (χ4n) is 4.15. The number of carbonyl (C=O) groups is 1. The van der Waals surface area contributed by atoms with Crippen LogP contribution in [0.2, 0.25) is 0 Å². The second-order valence-electron chi connectivity index (χ2n) is 7.64. The molecule has 0 radical (unpaired) electrons. The summed E-state index contributed by atoms with van der Waals surface area (Å²) in [5, 5.41) is 0. The molecule has 33 heavy (non-hydrogen) atoms. The fraction of sp³-hybridized carbons (Fsp3) is 0.269. The number of amides is 1. The van der Waals surface area contributed by atoms with Gasteiger partial charge in [0.25, 0.3) is 5.91 Å². The second kappa shape index (κ2) is 10.2. The Hall–Kier alpha value is -3.19. The first kappa shape index (κ1) is 23.0. The molecule has 0 N–H and O–H groups in total. The standard InChI is InChI=1S/C26H26BrNO5/c1-30-22-9-4-5-10-23(22)33-16-21-20-15-25(32-3)24(31-2)14-17(20)11-12-28(21)26(29)18-7-6-8-19(27)13-18/h4-10,13-15,21H,11-12,16H2,1-3H3/t21-/m1/s1. The molecular weight excluding hydrogens is 486 g/mol. The molecular formula is C26H26BrNO5. The van der Waals surface area contributed by atoms with E-state index in [9.17, 15) is 4.79 Å². The maximum absolute atomic E-state index is 13.6. The molecule has 0 fully saturated rings. The van der Waals surface area contributed by atoms with Crippen molar-refractivity contribution in [2.45, 2.75) is 12.5 Å². The van der Waals surface area contributed by atoms with Gasteiger partial charge in [0.15, 0.2) is 23.0 Å². The van der Waals surface area contributed by atoms with Crippen LogP contribution < -0.4 is 18.9 Å². The molecule has 0 unspecified atom stereocenters. The van der Waals surface area contributed by atoms with Crippen LogP contribution in [0.4, 0.5) is 0 Å². The maximum atomic E-state index is 13.6. The van der Waals surface area contributed by atoms with Gasteiger partial charge in [0, 0.05) is 16.6 Å². The van der Waals surface area contributed by atoms with Crippen molar-refractivity contribution >= 4 is 21.8 Å². The zero-order valence-corrected chi connectivity index (χ0v) is 20.4. The molecule has 1 aliphatic heterocycles. The van der Waals surface area contributed by atoms with E-state index < -0.39 is 0 Å². The predicted octanol–water partition coefficient (Wildman–Crippen LogP) is 5.29. The first-order valence-corrected chi connectivity index (χ1v) is 11.4. The highest BCUT2D eigenvalue weighted by molar-refractivity contribution is 9.10. The van der Waals surface area contributed by atoms with Gasteiger partial charge in [-0.2, -0.15) is 0 Å². The highest BCUT2D eigenvalue weighted by Gasteiger charge is 2.33. The van der Waals surface area contributed by atoms with Crippen LogP contribution in [0.1, 0.15) is 27.5 Å². The van der Waals surface area contributed by atoms with Gasteiger partial charge in [0.2, 0.25) is 0 Å². The zero-order valence-electron chi connectivity index (χ0n) is 18.8. The smallest absolute Gasteiger partial charge is 0.254 e. The van der Waals surface area contributed by atoms with E-state index in [0.717, 1.165) is 15.6 Å². The lowest BCUT2D eigenvalue weighted by Gasteiger charge is -2.37. The van der Waals surface area contributed by atoms with Crippen LogP contribution in [0.3, 0.4) is 0 Å². The lowest BCUT2D eigenvalue weighted by atomic mass is 9.91. The topological polar surface area (TPSA) is 57.2 Å². The number of rotatable bonds is 7. The summed E-state index contributed by atoms with van der Waals surface area (Å²) in [5.74, 6) is 2.52. The Morgan fingerprint density at radius 2 is 1.61 bits per heavy atom. The molecule has 172 valence electrons. The number of carbonyl (C=O) groups excluding carboxylic acids is 1. The Morgan fingerprint density at radius 3 is 2.30 bits per heavy atom. The highest BCUT2D eigenvalue weighted by Crippen LogP contribution is 2.39. The van der Waals surface area contributed by atoms with Crippen LogP contribution in [-0.2, 0) is 6.42 Å². The van der Waals surface area contributed by atoms with Crippen LogP contribution in [-0.4, -0.2) is 45.3 Å². The van der Waals surface area contributed by atoms with Gasteiger partial charge in [-0.1, -0.05) is 34.1 Å². The summed E-state index contributed by atoms with van der Waals surface area (Å²) in [6.07, 6.45) is 0.709. The van der Waals surface area contributed by atoms with E-state index >= 15 is 0 Å². The molecule has 1 heterocycles. The third-order valence-corrected chi connectivity index (χ3v) is 6.29. The van der Waals surface area contributed by atoms with E-state index in [-0.39, 0.29) is 18.6 Å². The number of halogens is 1. The van der Waals surface area contributed by atoms with Gasteiger partial charge in [-0.05, 0) is 60.0 Å². The van der Waals surface area contributed by atoms with Crippen molar-refractivity contribution in [3.05, 3.63) is 81.8 Å². The summed E-state index contributed by atoms with van der Waals surface area (Å²) in [6.45, 7) is 0.830. The molecule has 0 saturated carbocycles. The van der Waals surface area contributed by atoms with Crippen LogP contribution in [0.15, 0.2) is 65.1 Å². The third-order valence-electron chi connectivity index (χ3n) is 5.80. The van der Waals surface area contributed by atoms with E-state index in [1.165, 1.54) is 0 Å². The quantitative estimate of drug-likeness (QED) is 0.431. The average molecular weight is 512 g/mol. The van der Waals surface area contributed by atoms with Gasteiger partial charge >= 0.3 is 0 Å². The first-order chi connectivity index (χ1) is 16.0. The largest absolute Gasteiger partial charge is 0.493 e. The number of ether oxygens (including phenoxy) is 4. The molecule has 1 atom stereocenters. The Balaban J connectivity index is 1.72. The third kappa shape index (κ3) is 4.78. The van der Waals surface area contributed by atoms with Crippen molar-refractivity contribution in [1.29, 1.82) is 0 Å². The second-order valence-corrected chi connectivity index (χ2v) is 8.56. The van der Waals surface area contributed by atoms with Crippen LogP contribution in [0.25, 0.3) is 0 Å². The van der Waals surface area contributed by atoms with E-state index in [1.54, 1.807) is 21.3 Å². The lowest BCUT2D eigenvalue weighted by molar-refractivity contribution is 0.0587. The molecule has 3 aromatic rings. The Labute approximate surface area is 202 Å². The van der Waals surface area contributed by atoms with Gasteiger partial charge < -0.3 is 23.8 Å². The summed E-state index contributed by atoms with van der Waals surface area (Å²) in [4.78, 5) is 15.4. The van der Waals surface area contributed by atoms with Crippen molar-refractivity contribution in [2.75, 3.05) is 34.5 Å². The molecule has 4 rings (SSSR count). The number of para-hydroxylation sites is 2. The van der Waals surface area contributed by atoms with E-state index in [2.05, 4.69) is 15.9 Å². The van der Waals surface area contributed by atoms with Gasteiger partial charge in [0.1, 0.15) is 6.61 Å². The maximum Gasteiger partial charge on any atom is 0.254 e. The minimum Gasteiger partial charge on any atom is -0.493 e. The molecule has 0 aromatic heterocycles. The van der Waals surface area contributed by atoms with E-state index in [0.29, 0.717) is 41.5 Å². The minimum atomic E-state index is -0.315. The van der Waals surface area contributed by atoms with Gasteiger partial charge in [-0.3, -0.25) is 4.79 Å².